The second-order valence-corrected chi connectivity index (χ2v) is 13.5. The number of carbonyl (C=O) groups is 2. The van der Waals surface area contributed by atoms with Crippen LogP contribution < -0.4 is 14.4 Å². The van der Waals surface area contributed by atoms with E-state index in [0.29, 0.717) is 15.9 Å². The highest BCUT2D eigenvalue weighted by atomic mass is 79.9. The number of carbonyl (C=O) groups excluding carboxylic acids is 2. The van der Waals surface area contributed by atoms with Crippen LogP contribution in [0.1, 0.15) is 50.2 Å². The molecule has 0 unspecified atom stereocenters. The first-order valence-electron chi connectivity index (χ1n) is 14.2. The third-order valence-electron chi connectivity index (χ3n) is 7.61. The molecule has 1 aliphatic carbocycles. The predicted octanol–water partition coefficient (Wildman–Crippen LogP) is 5.83. The van der Waals surface area contributed by atoms with Gasteiger partial charge < -0.3 is 15.0 Å². The largest absolute Gasteiger partial charge is 0.497 e. The summed E-state index contributed by atoms with van der Waals surface area (Å²) in [6.45, 7) is 3.21. The Morgan fingerprint density at radius 2 is 1.67 bits per heavy atom. The summed E-state index contributed by atoms with van der Waals surface area (Å²) in [5, 5.41) is 3.12. The maximum Gasteiger partial charge on any atom is 0.264 e. The molecule has 0 bridgehead atoms. The standard InChI is InChI=1S/C32H38BrN3O5S/c1-23-12-18-30(19-13-23)42(39,40)36(28-11-7-8-26(33)20-28)22-31(37)35(21-25-14-16-29(41-3)17-15-25)24(2)32(38)34-27-9-5-4-6-10-27/h7-8,11-20,24,27H,4-6,9-10,21-22H2,1-3H3,(H,34,38)/t24-/m0/s1. The summed E-state index contributed by atoms with van der Waals surface area (Å²) in [5.74, 6) is -0.0725. The topological polar surface area (TPSA) is 96.0 Å². The summed E-state index contributed by atoms with van der Waals surface area (Å²) < 4.78 is 35.0. The lowest BCUT2D eigenvalue weighted by molar-refractivity contribution is -0.139. The van der Waals surface area contributed by atoms with Crippen LogP contribution in [-0.4, -0.2) is 50.9 Å². The summed E-state index contributed by atoms with van der Waals surface area (Å²) in [6.07, 6.45) is 5.11. The third kappa shape index (κ3) is 7.92. The molecule has 0 heterocycles. The molecule has 0 radical (unpaired) electrons. The van der Waals surface area contributed by atoms with E-state index in [0.717, 1.165) is 47.5 Å². The van der Waals surface area contributed by atoms with Gasteiger partial charge >= 0.3 is 0 Å². The Morgan fingerprint density at radius 3 is 2.29 bits per heavy atom. The summed E-state index contributed by atoms with van der Waals surface area (Å²) in [4.78, 5) is 29.1. The van der Waals surface area contributed by atoms with Gasteiger partial charge in [0.25, 0.3) is 10.0 Å². The predicted molar refractivity (Wildman–Crippen MR) is 168 cm³/mol. The molecule has 0 saturated heterocycles. The SMILES string of the molecule is COc1ccc(CN(C(=O)CN(c2cccc(Br)c2)S(=O)(=O)c2ccc(C)cc2)[C@@H](C)C(=O)NC2CCCCC2)cc1. The molecule has 0 aromatic heterocycles. The van der Waals surface area contributed by atoms with E-state index in [1.165, 1.54) is 17.0 Å². The zero-order chi connectivity index (χ0) is 30.3. The summed E-state index contributed by atoms with van der Waals surface area (Å²) in [7, 11) is -2.54. The van der Waals surface area contributed by atoms with Crippen molar-refractivity contribution in [1.82, 2.24) is 10.2 Å². The van der Waals surface area contributed by atoms with Crippen LogP contribution in [0.25, 0.3) is 0 Å². The molecule has 3 aromatic rings. The number of benzene rings is 3. The number of nitrogens with zero attached hydrogens (tertiary/aromatic N) is 2. The minimum Gasteiger partial charge on any atom is -0.497 e. The van der Waals surface area contributed by atoms with E-state index >= 15 is 0 Å². The second kappa shape index (κ2) is 14.2. The maximum atomic E-state index is 14.1. The monoisotopic (exact) mass is 655 g/mol. The van der Waals surface area contributed by atoms with Gasteiger partial charge in [-0.25, -0.2) is 8.42 Å². The fourth-order valence-electron chi connectivity index (χ4n) is 5.08. The van der Waals surface area contributed by atoms with Gasteiger partial charge in [-0.2, -0.15) is 0 Å². The van der Waals surface area contributed by atoms with Gasteiger partial charge in [-0.3, -0.25) is 13.9 Å². The van der Waals surface area contributed by atoms with Gasteiger partial charge in [-0.05, 0) is 74.7 Å². The number of rotatable bonds is 11. The zero-order valence-corrected chi connectivity index (χ0v) is 26.7. The zero-order valence-electron chi connectivity index (χ0n) is 24.3. The lowest BCUT2D eigenvalue weighted by Gasteiger charge is -2.33. The van der Waals surface area contributed by atoms with E-state index in [1.807, 2.05) is 19.1 Å². The fraction of sp³-hybridized carbons (Fsp3) is 0.375. The number of hydrogen-bond donors (Lipinski definition) is 1. The van der Waals surface area contributed by atoms with Crippen molar-refractivity contribution in [1.29, 1.82) is 0 Å². The molecule has 2 amide bonds. The lowest BCUT2D eigenvalue weighted by atomic mass is 9.95. The van der Waals surface area contributed by atoms with Gasteiger partial charge in [0.15, 0.2) is 0 Å². The molecule has 3 aromatic carbocycles. The number of anilines is 1. The molecule has 224 valence electrons. The first-order valence-corrected chi connectivity index (χ1v) is 16.4. The molecule has 4 rings (SSSR count). The summed E-state index contributed by atoms with van der Waals surface area (Å²) in [6, 6.07) is 19.8. The van der Waals surface area contributed by atoms with Crippen LogP contribution in [0.5, 0.6) is 5.75 Å². The minimum atomic E-state index is -4.12. The van der Waals surface area contributed by atoms with Gasteiger partial charge in [-0.15, -0.1) is 0 Å². The molecule has 0 spiro atoms. The van der Waals surface area contributed by atoms with Crippen molar-refractivity contribution in [2.75, 3.05) is 18.0 Å². The third-order valence-corrected chi connectivity index (χ3v) is 9.90. The molecule has 1 aliphatic rings. The number of methoxy groups -OCH3 is 1. The number of sulfonamides is 1. The Labute approximate surface area is 257 Å². The van der Waals surface area contributed by atoms with Crippen molar-refractivity contribution in [2.24, 2.45) is 0 Å². The Morgan fingerprint density at radius 1 is 1.00 bits per heavy atom. The van der Waals surface area contributed by atoms with E-state index in [1.54, 1.807) is 62.6 Å². The fourth-order valence-corrected chi connectivity index (χ4v) is 6.87. The van der Waals surface area contributed by atoms with Crippen LogP contribution >= 0.6 is 15.9 Å². The molecular weight excluding hydrogens is 618 g/mol. The normalized spacial score (nSPS) is 14.6. The van der Waals surface area contributed by atoms with Crippen molar-refractivity contribution in [3.8, 4) is 5.75 Å². The highest BCUT2D eigenvalue weighted by Crippen LogP contribution is 2.27. The van der Waals surface area contributed by atoms with Crippen LogP contribution in [0.15, 0.2) is 82.2 Å². The molecule has 1 saturated carbocycles. The van der Waals surface area contributed by atoms with Crippen LogP contribution in [0.4, 0.5) is 5.69 Å². The Kier molecular flexibility index (Phi) is 10.7. The van der Waals surface area contributed by atoms with E-state index < -0.39 is 28.5 Å². The average molecular weight is 657 g/mol. The molecule has 42 heavy (non-hydrogen) atoms. The number of nitrogens with one attached hydrogen (secondary N) is 1. The Hall–Kier alpha value is -3.37. The summed E-state index contributed by atoms with van der Waals surface area (Å²) in [5.41, 5.74) is 2.04. The van der Waals surface area contributed by atoms with Crippen LogP contribution in [-0.2, 0) is 26.2 Å². The summed E-state index contributed by atoms with van der Waals surface area (Å²) >= 11 is 3.42. The van der Waals surface area contributed by atoms with E-state index in [2.05, 4.69) is 21.2 Å². The lowest BCUT2D eigenvalue weighted by Crippen LogP contribution is -2.53. The first-order chi connectivity index (χ1) is 20.1. The first kappa shape index (κ1) is 31.6. The highest BCUT2D eigenvalue weighted by molar-refractivity contribution is 9.10. The van der Waals surface area contributed by atoms with Gasteiger partial charge in [0, 0.05) is 17.1 Å². The van der Waals surface area contributed by atoms with Crippen molar-refractivity contribution in [2.45, 2.75) is 69.5 Å². The van der Waals surface area contributed by atoms with E-state index in [-0.39, 0.29) is 23.4 Å². The maximum absolute atomic E-state index is 14.1. The van der Waals surface area contributed by atoms with Crippen molar-refractivity contribution in [3.63, 3.8) is 0 Å². The molecule has 10 heteroatoms. The van der Waals surface area contributed by atoms with Crippen LogP contribution in [0.3, 0.4) is 0 Å². The highest BCUT2D eigenvalue weighted by Gasteiger charge is 2.33. The Balaban J connectivity index is 1.67. The van der Waals surface area contributed by atoms with E-state index in [9.17, 15) is 18.0 Å². The van der Waals surface area contributed by atoms with Gasteiger partial charge in [0.2, 0.25) is 11.8 Å². The molecule has 1 atom stereocenters. The van der Waals surface area contributed by atoms with Gasteiger partial charge in [-0.1, -0.05) is 71.1 Å². The number of hydrogen-bond acceptors (Lipinski definition) is 5. The van der Waals surface area contributed by atoms with E-state index in [4.69, 9.17) is 4.74 Å². The molecule has 1 fully saturated rings. The number of halogens is 1. The quantitative estimate of drug-likeness (QED) is 0.281. The Bertz CT molecular complexity index is 1470. The van der Waals surface area contributed by atoms with Crippen molar-refractivity contribution in [3.05, 3.63) is 88.4 Å². The average Bonchev–Trinajstić information content (AvgIpc) is 2.99. The number of aryl methyl sites for hydroxylation is 1. The van der Waals surface area contributed by atoms with Crippen LogP contribution in [0.2, 0.25) is 0 Å². The van der Waals surface area contributed by atoms with Crippen molar-refractivity contribution < 1.29 is 22.7 Å². The second-order valence-electron chi connectivity index (χ2n) is 10.7. The van der Waals surface area contributed by atoms with Gasteiger partial charge in [0.1, 0.15) is 18.3 Å². The van der Waals surface area contributed by atoms with Crippen molar-refractivity contribution >= 4 is 43.5 Å². The molecular formula is C32H38BrN3O5S. The minimum absolute atomic E-state index is 0.0747. The van der Waals surface area contributed by atoms with Crippen LogP contribution in [0, 0.1) is 6.92 Å². The molecule has 0 aliphatic heterocycles. The smallest absolute Gasteiger partial charge is 0.264 e. The molecule has 8 nitrogen and oxygen atoms in total. The number of ether oxygens (including phenoxy) is 1. The number of amides is 2. The van der Waals surface area contributed by atoms with Gasteiger partial charge in [0.05, 0.1) is 17.7 Å². The molecule has 1 N–H and O–H groups in total.